The molecule has 2 aromatic carbocycles. The van der Waals surface area contributed by atoms with Gasteiger partial charge < -0.3 is 14.4 Å². The van der Waals surface area contributed by atoms with Crippen LogP contribution in [0.15, 0.2) is 48.2 Å². The molecule has 0 N–H and O–H groups in total. The van der Waals surface area contributed by atoms with Crippen LogP contribution in [0.3, 0.4) is 0 Å². The maximum Gasteiger partial charge on any atom is 0.209 e. The van der Waals surface area contributed by atoms with Gasteiger partial charge in [-0.3, -0.25) is 4.79 Å². The third-order valence-corrected chi connectivity index (χ3v) is 4.33. The van der Waals surface area contributed by atoms with Crippen molar-refractivity contribution in [2.45, 2.75) is 6.42 Å². The molecule has 0 aromatic heterocycles. The molecule has 0 unspecified atom stereocenters. The molecule has 124 valence electrons. The number of allylic oxidation sites excluding steroid dienone is 1. The predicted octanol–water partition coefficient (Wildman–Crippen LogP) is 3.42. The van der Waals surface area contributed by atoms with Crippen LogP contribution in [0, 0.1) is 0 Å². The minimum atomic E-state index is 0.0285. The first-order valence-corrected chi connectivity index (χ1v) is 7.91. The lowest BCUT2D eigenvalue weighted by Gasteiger charge is -2.19. The lowest BCUT2D eigenvalue weighted by Crippen LogP contribution is -2.24. The highest BCUT2D eigenvalue weighted by molar-refractivity contribution is 6.11. The van der Waals surface area contributed by atoms with E-state index in [0.29, 0.717) is 22.8 Å². The zero-order valence-corrected chi connectivity index (χ0v) is 14.2. The van der Waals surface area contributed by atoms with Crippen LogP contribution in [0.4, 0.5) is 0 Å². The highest BCUT2D eigenvalue weighted by Gasteiger charge is 2.21. The topological polar surface area (TPSA) is 38.8 Å². The van der Waals surface area contributed by atoms with Gasteiger partial charge in [0.25, 0.3) is 0 Å². The van der Waals surface area contributed by atoms with Gasteiger partial charge in [-0.25, -0.2) is 0 Å². The third kappa shape index (κ3) is 3.00. The molecule has 0 atom stereocenters. The monoisotopic (exact) mass is 323 g/mol. The van der Waals surface area contributed by atoms with Crippen LogP contribution >= 0.6 is 0 Å². The summed E-state index contributed by atoms with van der Waals surface area (Å²) in [5.41, 5.74) is 3.53. The number of fused-ring (bicyclic) bond motifs is 1. The maximum absolute atomic E-state index is 12.9. The maximum atomic E-state index is 12.9. The number of carbonyl (C=O) groups excluding carboxylic acids is 1. The molecule has 0 radical (unpaired) electrons. The Kier molecular flexibility index (Phi) is 4.56. The Bertz CT molecular complexity index is 781. The van der Waals surface area contributed by atoms with Crippen molar-refractivity contribution in [1.29, 1.82) is 0 Å². The summed E-state index contributed by atoms with van der Waals surface area (Å²) in [6, 6.07) is 13.3. The second-order valence-electron chi connectivity index (χ2n) is 5.80. The molecule has 0 spiro atoms. The number of nitrogens with zero attached hydrogens (tertiary/aromatic N) is 1. The minimum Gasteiger partial charge on any atom is -0.493 e. The number of ketones is 1. The second-order valence-corrected chi connectivity index (χ2v) is 5.80. The van der Waals surface area contributed by atoms with E-state index in [2.05, 4.69) is 0 Å². The molecule has 1 aliphatic rings. The Morgan fingerprint density at radius 3 is 2.38 bits per heavy atom. The lowest BCUT2D eigenvalue weighted by molar-refractivity contribution is 0.100. The number of rotatable bonds is 4. The molecule has 1 aliphatic heterocycles. The molecular weight excluding hydrogens is 302 g/mol. The van der Waals surface area contributed by atoms with Crippen molar-refractivity contribution < 1.29 is 14.3 Å². The van der Waals surface area contributed by atoms with Gasteiger partial charge in [0.15, 0.2) is 11.5 Å². The summed E-state index contributed by atoms with van der Waals surface area (Å²) in [4.78, 5) is 14.9. The molecule has 0 bridgehead atoms. The van der Waals surface area contributed by atoms with Gasteiger partial charge in [0.05, 0.1) is 19.9 Å². The molecule has 1 heterocycles. The summed E-state index contributed by atoms with van der Waals surface area (Å²) in [5.74, 6) is 1.41. The van der Waals surface area contributed by atoms with E-state index >= 15 is 0 Å². The van der Waals surface area contributed by atoms with Crippen molar-refractivity contribution in [2.75, 3.05) is 27.8 Å². The van der Waals surface area contributed by atoms with Crippen molar-refractivity contribution in [1.82, 2.24) is 4.90 Å². The quantitative estimate of drug-likeness (QED) is 0.808. The molecule has 4 nitrogen and oxygen atoms in total. The molecule has 24 heavy (non-hydrogen) atoms. The smallest absolute Gasteiger partial charge is 0.209 e. The second kappa shape index (κ2) is 6.79. The van der Waals surface area contributed by atoms with E-state index in [1.54, 1.807) is 14.2 Å². The lowest BCUT2D eigenvalue weighted by atomic mass is 10.0. The van der Waals surface area contributed by atoms with Crippen molar-refractivity contribution in [2.24, 2.45) is 0 Å². The summed E-state index contributed by atoms with van der Waals surface area (Å²) in [7, 11) is 5.20. The van der Waals surface area contributed by atoms with Crippen molar-refractivity contribution in [3.63, 3.8) is 0 Å². The van der Waals surface area contributed by atoms with Crippen LogP contribution in [0.25, 0.3) is 6.08 Å². The predicted molar refractivity (Wildman–Crippen MR) is 94.6 cm³/mol. The molecule has 0 saturated carbocycles. The van der Waals surface area contributed by atoms with Gasteiger partial charge in [0.1, 0.15) is 0 Å². The van der Waals surface area contributed by atoms with E-state index < -0.39 is 0 Å². The molecule has 0 aliphatic carbocycles. The number of Topliss-reactive ketones (excluding diaryl/α,β-unsaturated/α-hetero) is 1. The fourth-order valence-corrected chi connectivity index (χ4v) is 2.93. The molecule has 4 heteroatoms. The highest BCUT2D eigenvalue weighted by atomic mass is 16.5. The van der Waals surface area contributed by atoms with Gasteiger partial charge in [0.2, 0.25) is 5.78 Å². The van der Waals surface area contributed by atoms with Crippen LogP contribution in [0.2, 0.25) is 0 Å². The number of likely N-dealkylation sites (N-methyl/N-ethyl adjacent to an activating group) is 1. The van der Waals surface area contributed by atoms with E-state index in [1.807, 2.05) is 60.5 Å². The van der Waals surface area contributed by atoms with Crippen molar-refractivity contribution in [3.05, 3.63) is 64.9 Å². The van der Waals surface area contributed by atoms with E-state index in [0.717, 1.165) is 24.1 Å². The van der Waals surface area contributed by atoms with Crippen LogP contribution < -0.4 is 9.47 Å². The number of hydrogen-bond donors (Lipinski definition) is 0. The first-order chi connectivity index (χ1) is 11.6. The number of ether oxygens (including phenoxy) is 2. The van der Waals surface area contributed by atoms with E-state index in [9.17, 15) is 4.79 Å². The third-order valence-electron chi connectivity index (χ3n) is 4.33. The Balaban J connectivity index is 2.07. The summed E-state index contributed by atoms with van der Waals surface area (Å²) in [6.45, 7) is 0.771. The normalized spacial score (nSPS) is 13.6. The van der Waals surface area contributed by atoms with Gasteiger partial charge in [-0.15, -0.1) is 0 Å². The SMILES string of the molecule is COc1cc2c(cc1OC)CCN(C)C(C(=O)c1ccccc1)=C2. The Morgan fingerprint density at radius 1 is 1.04 bits per heavy atom. The molecule has 3 rings (SSSR count). The number of hydrogen-bond acceptors (Lipinski definition) is 4. The van der Waals surface area contributed by atoms with Gasteiger partial charge in [-0.1, -0.05) is 30.3 Å². The fraction of sp³-hybridized carbons (Fsp3) is 0.250. The number of benzene rings is 2. The van der Waals surface area contributed by atoms with Crippen LogP contribution in [0.1, 0.15) is 21.5 Å². The van der Waals surface area contributed by atoms with Gasteiger partial charge in [-0.05, 0) is 35.8 Å². The Hall–Kier alpha value is -2.75. The first kappa shape index (κ1) is 16.1. The highest BCUT2D eigenvalue weighted by Crippen LogP contribution is 2.33. The summed E-state index contributed by atoms with van der Waals surface area (Å²) < 4.78 is 10.8. The molecular formula is C20H21NO3. The Morgan fingerprint density at radius 2 is 1.71 bits per heavy atom. The van der Waals surface area contributed by atoms with E-state index in [-0.39, 0.29) is 5.78 Å². The molecule has 0 fully saturated rings. The molecule has 2 aromatic rings. The average molecular weight is 323 g/mol. The van der Waals surface area contributed by atoms with E-state index in [4.69, 9.17) is 9.47 Å². The average Bonchev–Trinajstić information content (AvgIpc) is 2.79. The first-order valence-electron chi connectivity index (χ1n) is 7.91. The van der Waals surface area contributed by atoms with Crippen LogP contribution in [-0.4, -0.2) is 38.5 Å². The largest absolute Gasteiger partial charge is 0.493 e. The standard InChI is InChI=1S/C20H21NO3/c1-21-10-9-15-12-18(23-2)19(24-3)13-16(15)11-17(21)20(22)14-7-5-4-6-8-14/h4-8,11-13H,9-10H2,1-3H3. The molecule has 0 saturated heterocycles. The number of methoxy groups -OCH3 is 2. The van der Waals surface area contributed by atoms with Gasteiger partial charge in [-0.2, -0.15) is 0 Å². The van der Waals surface area contributed by atoms with Crippen molar-refractivity contribution >= 4 is 11.9 Å². The summed E-state index contributed by atoms with van der Waals surface area (Å²) in [5, 5.41) is 0. The zero-order valence-electron chi connectivity index (χ0n) is 14.2. The van der Waals surface area contributed by atoms with Crippen LogP contribution in [0.5, 0.6) is 11.5 Å². The minimum absolute atomic E-state index is 0.0285. The molecule has 0 amide bonds. The summed E-state index contributed by atoms with van der Waals surface area (Å²) >= 11 is 0. The fourth-order valence-electron chi connectivity index (χ4n) is 2.93. The summed E-state index contributed by atoms with van der Waals surface area (Å²) in [6.07, 6.45) is 2.79. The number of carbonyl (C=O) groups is 1. The van der Waals surface area contributed by atoms with Gasteiger partial charge in [0, 0.05) is 19.2 Å². The van der Waals surface area contributed by atoms with Crippen LogP contribution in [-0.2, 0) is 6.42 Å². The van der Waals surface area contributed by atoms with Crippen molar-refractivity contribution in [3.8, 4) is 11.5 Å². The van der Waals surface area contributed by atoms with E-state index in [1.165, 1.54) is 0 Å². The zero-order chi connectivity index (χ0) is 17.1. The van der Waals surface area contributed by atoms with Gasteiger partial charge >= 0.3 is 0 Å². The Labute approximate surface area is 142 Å².